The number of rotatable bonds is 3. The van der Waals surface area contributed by atoms with Crippen LogP contribution in [0, 0.1) is 18.4 Å². The Labute approximate surface area is 219 Å². The Bertz CT molecular complexity index is 590. The molecular formula is C28H47NOY-2. The van der Waals surface area contributed by atoms with Gasteiger partial charge in [0.25, 0.3) is 0 Å². The van der Waals surface area contributed by atoms with E-state index in [1.54, 1.807) is 6.92 Å². The molecule has 1 aliphatic carbocycles. The summed E-state index contributed by atoms with van der Waals surface area (Å²) in [5, 5.41) is 0. The third kappa shape index (κ3) is 16.3. The van der Waals surface area contributed by atoms with Crippen molar-refractivity contribution in [2.24, 2.45) is 5.92 Å². The molecule has 3 heteroatoms. The van der Waals surface area contributed by atoms with E-state index in [2.05, 4.69) is 30.5 Å². The number of hydrogen-bond donors (Lipinski definition) is 0. The van der Waals surface area contributed by atoms with Gasteiger partial charge in [-0.1, -0.05) is 86.9 Å². The van der Waals surface area contributed by atoms with E-state index in [1.165, 1.54) is 29.7 Å². The van der Waals surface area contributed by atoms with Gasteiger partial charge < -0.3 is 0 Å². The van der Waals surface area contributed by atoms with Gasteiger partial charge in [-0.2, -0.15) is 41.5 Å². The Hall–Kier alpha value is -0.986. The fourth-order valence-electron chi connectivity index (χ4n) is 2.54. The van der Waals surface area contributed by atoms with Gasteiger partial charge in [-0.3, -0.25) is 9.78 Å². The molecule has 3 rings (SSSR count). The molecule has 31 heavy (non-hydrogen) atoms. The number of hydrogen-bond acceptors (Lipinski definition) is 2. The summed E-state index contributed by atoms with van der Waals surface area (Å²) in [7, 11) is 0. The van der Waals surface area contributed by atoms with E-state index in [0.717, 1.165) is 0 Å². The molecule has 0 amide bonds. The van der Waals surface area contributed by atoms with E-state index < -0.39 is 0 Å². The molecule has 0 saturated heterocycles. The van der Waals surface area contributed by atoms with Crippen LogP contribution in [0.25, 0.3) is 0 Å². The van der Waals surface area contributed by atoms with Gasteiger partial charge in [0.2, 0.25) is 0 Å². The molecule has 2 atom stereocenters. The van der Waals surface area contributed by atoms with Crippen LogP contribution in [0.15, 0.2) is 42.6 Å². The minimum Gasteiger partial charge on any atom is -0.300 e. The predicted molar refractivity (Wildman–Crippen MR) is 135 cm³/mol. The summed E-state index contributed by atoms with van der Waals surface area (Å²) in [4.78, 5) is 15.4. The number of carbonyl (C=O) groups excluding carboxylic acids is 1. The average molecular weight is 503 g/mol. The van der Waals surface area contributed by atoms with Crippen molar-refractivity contribution in [1.29, 1.82) is 0 Å². The van der Waals surface area contributed by atoms with E-state index in [9.17, 15) is 4.79 Å². The van der Waals surface area contributed by atoms with Crippen LogP contribution in [-0.2, 0) is 43.9 Å². The number of pyridine rings is 1. The zero-order valence-corrected chi connectivity index (χ0v) is 25.0. The molecule has 0 spiro atoms. The normalized spacial score (nSPS) is 11.3. The van der Waals surface area contributed by atoms with Gasteiger partial charge in [0.05, 0.1) is 0 Å². The van der Waals surface area contributed by atoms with Gasteiger partial charge in [-0.05, 0) is 6.92 Å². The van der Waals surface area contributed by atoms with E-state index in [-0.39, 0.29) is 50.3 Å². The topological polar surface area (TPSA) is 30.0 Å². The summed E-state index contributed by atoms with van der Waals surface area (Å²) in [5.41, 5.74) is 3.78. The van der Waals surface area contributed by atoms with Crippen LogP contribution in [0.3, 0.4) is 0 Å². The fourth-order valence-corrected chi connectivity index (χ4v) is 2.54. The van der Waals surface area contributed by atoms with E-state index in [4.69, 9.17) is 0 Å². The van der Waals surface area contributed by atoms with Gasteiger partial charge in [-0.25, -0.2) is 6.42 Å². The number of fused-ring (bicyclic) bond motifs is 1. The Balaban J connectivity index is -0.000000177. The molecule has 1 heterocycles. The second-order valence-corrected chi connectivity index (χ2v) is 5.82. The quantitative estimate of drug-likeness (QED) is 0.394. The number of Topliss-reactive ketones (excluding diaryl/α,β-unsaturated/α-hetero) is 1. The summed E-state index contributed by atoms with van der Waals surface area (Å²) in [6, 6.07) is 15.0. The maximum absolute atomic E-state index is 11.1. The minimum absolute atomic E-state index is 0. The minimum atomic E-state index is 0. The molecule has 0 saturated carbocycles. The molecule has 0 fully saturated rings. The van der Waals surface area contributed by atoms with Crippen molar-refractivity contribution in [3.63, 3.8) is 0 Å². The second-order valence-electron chi connectivity index (χ2n) is 5.82. The predicted octanol–water partition coefficient (Wildman–Crippen LogP) is 8.50. The Morgan fingerprint density at radius 3 is 2.03 bits per heavy atom. The number of aromatic nitrogens is 1. The summed E-state index contributed by atoms with van der Waals surface area (Å²) >= 11 is 0. The first-order valence-corrected chi connectivity index (χ1v) is 11.8. The molecule has 1 radical (unpaired) electrons. The van der Waals surface area contributed by atoms with E-state index in [0.29, 0.717) is 0 Å². The van der Waals surface area contributed by atoms with Crippen LogP contribution >= 0.6 is 0 Å². The average Bonchev–Trinajstić information content (AvgIpc) is 3.33. The third-order valence-corrected chi connectivity index (χ3v) is 4.33. The van der Waals surface area contributed by atoms with Crippen LogP contribution in [0.4, 0.5) is 0 Å². The van der Waals surface area contributed by atoms with E-state index >= 15 is 0 Å². The molecule has 2 aromatic rings. The van der Waals surface area contributed by atoms with Crippen LogP contribution in [0.5, 0.6) is 0 Å². The standard InChI is InChI=1S/C12H15O.C8H8N.4C2H6.Y/c1-9(11(3)13)10(2)12-7-5-4-6-8-12;1-3-7-4-2-6-9-8(7)5-1;4*1-2;/h4-5,7-10H,1-3H3;2,4-6H,1,3H2;4*1-2H3;/q2*-1;;;;;. The van der Waals surface area contributed by atoms with E-state index in [1.807, 2.05) is 98.8 Å². The first-order chi connectivity index (χ1) is 14.6. The Morgan fingerprint density at radius 1 is 1.00 bits per heavy atom. The van der Waals surface area contributed by atoms with Crippen molar-refractivity contribution in [3.8, 4) is 0 Å². The third-order valence-electron chi connectivity index (χ3n) is 4.33. The first-order valence-electron chi connectivity index (χ1n) is 11.8. The first kappa shape index (κ1) is 37.3. The smallest absolute Gasteiger partial charge is 0.132 e. The molecule has 1 aromatic heterocycles. The Kier molecular flexibility index (Phi) is 32.6. The van der Waals surface area contributed by atoms with Crippen LogP contribution in [0.1, 0.15) is 105 Å². The maximum Gasteiger partial charge on any atom is 0.132 e. The van der Waals surface area contributed by atoms with Gasteiger partial charge in [0, 0.05) is 44.8 Å². The number of nitrogens with zero attached hydrogens (tertiary/aromatic N) is 1. The van der Waals surface area contributed by atoms with Crippen LogP contribution < -0.4 is 0 Å². The summed E-state index contributed by atoms with van der Waals surface area (Å²) in [5.74, 6) is 0.627. The molecule has 0 aliphatic heterocycles. The van der Waals surface area contributed by atoms with Crippen molar-refractivity contribution >= 4 is 5.78 Å². The largest absolute Gasteiger partial charge is 0.300 e. The van der Waals surface area contributed by atoms with Crippen molar-refractivity contribution in [1.82, 2.24) is 4.98 Å². The van der Waals surface area contributed by atoms with Crippen molar-refractivity contribution in [2.45, 2.75) is 94.9 Å². The van der Waals surface area contributed by atoms with Gasteiger partial charge in [0.15, 0.2) is 0 Å². The molecule has 1 aromatic carbocycles. The second kappa shape index (κ2) is 27.0. The van der Waals surface area contributed by atoms with Crippen molar-refractivity contribution in [3.05, 3.63) is 71.9 Å². The number of aryl methyl sites for hydroxylation is 1. The van der Waals surface area contributed by atoms with Gasteiger partial charge in [0.1, 0.15) is 5.78 Å². The molecule has 0 bridgehead atoms. The zero-order valence-electron chi connectivity index (χ0n) is 22.1. The van der Waals surface area contributed by atoms with Crippen LogP contribution in [0.2, 0.25) is 0 Å². The molecule has 1 aliphatic rings. The monoisotopic (exact) mass is 502 g/mol. The molecule has 2 unspecified atom stereocenters. The maximum atomic E-state index is 11.1. The number of ketones is 1. The van der Waals surface area contributed by atoms with Gasteiger partial charge in [-0.15, -0.1) is 18.9 Å². The van der Waals surface area contributed by atoms with Gasteiger partial charge >= 0.3 is 0 Å². The summed E-state index contributed by atoms with van der Waals surface area (Å²) < 4.78 is 0. The molecule has 175 valence electrons. The Morgan fingerprint density at radius 2 is 1.58 bits per heavy atom. The number of carbonyl (C=O) groups is 1. The summed E-state index contributed by atoms with van der Waals surface area (Å²) in [6.45, 7) is 21.7. The van der Waals surface area contributed by atoms with Crippen LogP contribution in [-0.4, -0.2) is 10.8 Å². The molecule has 2 nitrogen and oxygen atoms in total. The summed E-state index contributed by atoms with van der Waals surface area (Å²) in [6.07, 6.45) is 6.39. The fraction of sp³-hybridized carbons (Fsp3) is 0.536. The van der Waals surface area contributed by atoms with Crippen molar-refractivity contribution < 1.29 is 37.5 Å². The molecular weight excluding hydrogens is 455 g/mol. The number of benzene rings is 1. The van der Waals surface area contributed by atoms with Crippen molar-refractivity contribution in [2.75, 3.05) is 0 Å². The SMILES string of the molecule is CC.CC.CC.CC.CC(=O)C(C)C(C)c1c[c-]ccc1.[Y].c1cnc2c(c1)CC[CH-]2. The molecule has 0 N–H and O–H groups in total. The zero-order chi connectivity index (χ0) is 23.9.